The van der Waals surface area contributed by atoms with Crippen molar-refractivity contribution in [3.05, 3.63) is 35.9 Å². The van der Waals surface area contributed by atoms with Gasteiger partial charge in [-0.25, -0.2) is 4.79 Å². The van der Waals surface area contributed by atoms with Crippen molar-refractivity contribution in [2.75, 3.05) is 6.61 Å². The van der Waals surface area contributed by atoms with Gasteiger partial charge in [0.05, 0.1) is 6.61 Å². The average Bonchev–Trinajstić information content (AvgIpc) is 3.05. The first-order valence-electron chi connectivity index (χ1n) is 6.08. The van der Waals surface area contributed by atoms with Crippen molar-refractivity contribution in [3.63, 3.8) is 0 Å². The van der Waals surface area contributed by atoms with Crippen molar-refractivity contribution < 1.29 is 14.3 Å². The summed E-state index contributed by atoms with van der Waals surface area (Å²) in [6, 6.07) is 9.78. The molecule has 1 aliphatic heterocycles. The predicted molar refractivity (Wildman–Crippen MR) is 64.5 cm³/mol. The first-order valence-corrected chi connectivity index (χ1v) is 6.08. The van der Waals surface area contributed by atoms with Crippen LogP contribution >= 0.6 is 0 Å². The van der Waals surface area contributed by atoms with E-state index in [4.69, 9.17) is 9.47 Å². The molecule has 2 atom stereocenters. The van der Waals surface area contributed by atoms with E-state index in [2.05, 4.69) is 6.92 Å². The van der Waals surface area contributed by atoms with Crippen LogP contribution in [0.3, 0.4) is 0 Å². The quantitative estimate of drug-likeness (QED) is 0.446. The number of esters is 1. The van der Waals surface area contributed by atoms with Gasteiger partial charge in [-0.2, -0.15) is 0 Å². The highest BCUT2D eigenvalue weighted by Gasteiger charge is 2.59. The maximum Gasteiger partial charge on any atom is 0.338 e. The van der Waals surface area contributed by atoms with Gasteiger partial charge in [-0.1, -0.05) is 43.7 Å². The van der Waals surface area contributed by atoms with E-state index in [-0.39, 0.29) is 5.97 Å². The zero-order valence-corrected chi connectivity index (χ0v) is 10.3. The molecule has 92 valence electrons. The number of hydrogen-bond acceptors (Lipinski definition) is 3. The molecule has 2 unspecified atom stereocenters. The van der Waals surface area contributed by atoms with E-state index in [1.165, 1.54) is 0 Å². The largest absolute Gasteiger partial charge is 0.464 e. The van der Waals surface area contributed by atoms with Crippen LogP contribution in [-0.2, 0) is 19.9 Å². The van der Waals surface area contributed by atoms with Crippen molar-refractivity contribution in [1.29, 1.82) is 0 Å². The first kappa shape index (κ1) is 12.1. The highest BCUT2D eigenvalue weighted by molar-refractivity contribution is 5.79. The molecule has 17 heavy (non-hydrogen) atoms. The molecule has 1 heterocycles. The van der Waals surface area contributed by atoms with Gasteiger partial charge in [0.2, 0.25) is 0 Å². The Kier molecular flexibility index (Phi) is 3.48. The summed E-state index contributed by atoms with van der Waals surface area (Å²) in [7, 11) is 0. The molecule has 0 aliphatic carbocycles. The van der Waals surface area contributed by atoms with Gasteiger partial charge in [-0.05, 0) is 18.9 Å². The molecular formula is C14H18O3. The van der Waals surface area contributed by atoms with Crippen molar-refractivity contribution in [3.8, 4) is 0 Å². The smallest absolute Gasteiger partial charge is 0.338 e. The fourth-order valence-corrected chi connectivity index (χ4v) is 1.87. The second kappa shape index (κ2) is 4.88. The molecule has 3 heteroatoms. The number of unbranched alkanes of at least 4 members (excludes halogenated alkanes) is 1. The van der Waals surface area contributed by atoms with Crippen molar-refractivity contribution in [1.82, 2.24) is 0 Å². The standard InChI is InChI=1S/C14H18O3/c1-3-4-10-16-13(15)12-14(2,17-12)11-8-6-5-7-9-11/h5-9,12H,3-4,10H2,1-2H3. The van der Waals surface area contributed by atoms with Gasteiger partial charge in [-0.3, -0.25) is 0 Å². The highest BCUT2D eigenvalue weighted by Crippen LogP contribution is 2.46. The fraction of sp³-hybridized carbons (Fsp3) is 0.500. The third-order valence-corrected chi connectivity index (χ3v) is 3.11. The van der Waals surface area contributed by atoms with E-state index in [0.29, 0.717) is 6.61 Å². The molecule has 1 aromatic rings. The lowest BCUT2D eigenvalue weighted by atomic mass is 9.97. The predicted octanol–water partition coefficient (Wildman–Crippen LogP) is 2.64. The Hall–Kier alpha value is -1.35. The minimum absolute atomic E-state index is 0.246. The molecule has 0 amide bonds. The lowest BCUT2D eigenvalue weighted by molar-refractivity contribution is -0.145. The van der Waals surface area contributed by atoms with Gasteiger partial charge in [0.1, 0.15) is 5.60 Å². The lowest BCUT2D eigenvalue weighted by Crippen LogP contribution is -2.19. The lowest BCUT2D eigenvalue weighted by Gasteiger charge is -2.06. The van der Waals surface area contributed by atoms with Crippen LogP contribution in [0.2, 0.25) is 0 Å². The minimum atomic E-state index is -0.495. The first-order chi connectivity index (χ1) is 8.18. The zero-order chi connectivity index (χ0) is 12.3. The summed E-state index contributed by atoms with van der Waals surface area (Å²) in [4.78, 5) is 11.7. The van der Waals surface area contributed by atoms with E-state index < -0.39 is 11.7 Å². The Balaban J connectivity index is 1.92. The monoisotopic (exact) mass is 234 g/mol. The normalized spacial score (nSPS) is 26.6. The van der Waals surface area contributed by atoms with E-state index >= 15 is 0 Å². The van der Waals surface area contributed by atoms with Crippen LogP contribution in [0.1, 0.15) is 32.3 Å². The summed E-state index contributed by atoms with van der Waals surface area (Å²) in [6.07, 6.45) is 1.48. The van der Waals surface area contributed by atoms with Crippen LogP contribution in [0.25, 0.3) is 0 Å². The Bertz CT molecular complexity index is 388. The van der Waals surface area contributed by atoms with Gasteiger partial charge >= 0.3 is 5.97 Å². The topological polar surface area (TPSA) is 38.8 Å². The summed E-state index contributed by atoms with van der Waals surface area (Å²) in [6.45, 7) is 4.48. The third kappa shape index (κ3) is 2.50. The van der Waals surface area contributed by atoms with Gasteiger partial charge in [0, 0.05) is 0 Å². The summed E-state index contributed by atoms with van der Waals surface area (Å²) in [5, 5.41) is 0. The summed E-state index contributed by atoms with van der Waals surface area (Å²) >= 11 is 0. The van der Waals surface area contributed by atoms with Gasteiger partial charge < -0.3 is 9.47 Å². The van der Waals surface area contributed by atoms with Crippen molar-refractivity contribution in [2.45, 2.75) is 38.4 Å². The van der Waals surface area contributed by atoms with E-state index in [9.17, 15) is 4.79 Å². The maximum atomic E-state index is 11.7. The van der Waals surface area contributed by atoms with Crippen LogP contribution in [0.5, 0.6) is 0 Å². The van der Waals surface area contributed by atoms with Crippen LogP contribution < -0.4 is 0 Å². The molecular weight excluding hydrogens is 216 g/mol. The number of ether oxygens (including phenoxy) is 2. The fourth-order valence-electron chi connectivity index (χ4n) is 1.87. The second-order valence-corrected chi connectivity index (χ2v) is 4.49. The molecule has 1 saturated heterocycles. The molecule has 2 rings (SSSR count). The number of benzene rings is 1. The third-order valence-electron chi connectivity index (χ3n) is 3.11. The summed E-state index contributed by atoms with van der Waals surface area (Å²) < 4.78 is 10.7. The Labute approximate surface area is 102 Å². The number of rotatable bonds is 5. The van der Waals surface area contributed by atoms with Crippen LogP contribution in [0.15, 0.2) is 30.3 Å². The molecule has 1 aromatic carbocycles. The van der Waals surface area contributed by atoms with Crippen LogP contribution in [-0.4, -0.2) is 18.7 Å². The van der Waals surface area contributed by atoms with Gasteiger partial charge in [0.15, 0.2) is 6.10 Å². The van der Waals surface area contributed by atoms with Crippen LogP contribution in [0, 0.1) is 0 Å². The number of carbonyl (C=O) groups is 1. The van der Waals surface area contributed by atoms with Gasteiger partial charge in [0.25, 0.3) is 0 Å². The number of hydrogen-bond donors (Lipinski definition) is 0. The molecule has 1 fully saturated rings. The van der Waals surface area contributed by atoms with Crippen molar-refractivity contribution in [2.24, 2.45) is 0 Å². The van der Waals surface area contributed by atoms with Crippen molar-refractivity contribution >= 4 is 5.97 Å². The molecule has 0 radical (unpaired) electrons. The Morgan fingerprint density at radius 1 is 1.41 bits per heavy atom. The summed E-state index contributed by atoms with van der Waals surface area (Å²) in [5.41, 5.74) is 0.530. The van der Waals surface area contributed by atoms with E-state index in [0.717, 1.165) is 18.4 Å². The Morgan fingerprint density at radius 3 is 2.76 bits per heavy atom. The molecule has 3 nitrogen and oxygen atoms in total. The van der Waals surface area contributed by atoms with Crippen LogP contribution in [0.4, 0.5) is 0 Å². The summed E-state index contributed by atoms with van der Waals surface area (Å²) in [5.74, 6) is -0.246. The SMILES string of the molecule is CCCCOC(=O)C1OC1(C)c1ccccc1. The highest BCUT2D eigenvalue weighted by atomic mass is 16.7. The Morgan fingerprint density at radius 2 is 2.12 bits per heavy atom. The maximum absolute atomic E-state index is 11.7. The average molecular weight is 234 g/mol. The molecule has 0 spiro atoms. The molecule has 1 aliphatic rings. The number of epoxide rings is 1. The zero-order valence-electron chi connectivity index (χ0n) is 10.3. The molecule has 0 bridgehead atoms. The van der Waals surface area contributed by atoms with E-state index in [1.54, 1.807) is 0 Å². The second-order valence-electron chi connectivity index (χ2n) is 4.49. The van der Waals surface area contributed by atoms with E-state index in [1.807, 2.05) is 37.3 Å². The molecule has 0 aromatic heterocycles. The molecule has 0 N–H and O–H groups in total. The number of carbonyl (C=O) groups excluding carboxylic acids is 1. The molecule has 0 saturated carbocycles. The minimum Gasteiger partial charge on any atom is -0.464 e. The van der Waals surface area contributed by atoms with Gasteiger partial charge in [-0.15, -0.1) is 0 Å².